The summed E-state index contributed by atoms with van der Waals surface area (Å²) in [5.41, 5.74) is 0.242. The molecular formula is C15H14FNO3. The topological polar surface area (TPSA) is 59.3 Å². The van der Waals surface area contributed by atoms with E-state index < -0.39 is 5.91 Å². The van der Waals surface area contributed by atoms with Crippen molar-refractivity contribution < 1.29 is 13.6 Å². The highest BCUT2D eigenvalue weighted by molar-refractivity contribution is 5.91. The van der Waals surface area contributed by atoms with Crippen LogP contribution >= 0.6 is 0 Å². The van der Waals surface area contributed by atoms with Crippen molar-refractivity contribution in [2.75, 3.05) is 6.54 Å². The molecule has 5 heteroatoms. The third kappa shape index (κ3) is 3.54. The van der Waals surface area contributed by atoms with Gasteiger partial charge in [-0.1, -0.05) is 18.2 Å². The Morgan fingerprint density at radius 3 is 2.75 bits per heavy atom. The second-order valence-corrected chi connectivity index (χ2v) is 4.37. The largest absolute Gasteiger partial charge is 0.456 e. The summed E-state index contributed by atoms with van der Waals surface area (Å²) in [4.78, 5) is 23.1. The fourth-order valence-corrected chi connectivity index (χ4v) is 1.81. The fraction of sp³-hybridized carbons (Fsp3) is 0.200. The maximum absolute atomic E-state index is 13.4. The molecule has 2 aromatic rings. The van der Waals surface area contributed by atoms with E-state index in [-0.39, 0.29) is 23.6 Å². The Hall–Kier alpha value is -2.43. The summed E-state index contributed by atoms with van der Waals surface area (Å²) in [5.74, 6) is -0.453. The zero-order chi connectivity index (χ0) is 14.5. The maximum Gasteiger partial charge on any atom is 0.287 e. The number of amides is 1. The Morgan fingerprint density at radius 1 is 1.30 bits per heavy atom. The summed E-state index contributed by atoms with van der Waals surface area (Å²) in [5, 5.41) is 2.59. The molecule has 4 nitrogen and oxygen atoms in total. The molecule has 0 aliphatic heterocycles. The van der Waals surface area contributed by atoms with Crippen LogP contribution in [0.4, 0.5) is 4.39 Å². The molecule has 0 unspecified atom stereocenters. The average Bonchev–Trinajstić information content (AvgIpc) is 2.39. The minimum Gasteiger partial charge on any atom is -0.456 e. The summed E-state index contributed by atoms with van der Waals surface area (Å²) in [6, 6.07) is 8.81. The molecule has 1 aromatic carbocycles. The van der Waals surface area contributed by atoms with Crippen molar-refractivity contribution in [2.45, 2.75) is 13.3 Å². The van der Waals surface area contributed by atoms with Gasteiger partial charge >= 0.3 is 0 Å². The van der Waals surface area contributed by atoms with Gasteiger partial charge in [0, 0.05) is 18.7 Å². The van der Waals surface area contributed by atoms with Gasteiger partial charge in [-0.15, -0.1) is 0 Å². The zero-order valence-corrected chi connectivity index (χ0v) is 11.0. The van der Waals surface area contributed by atoms with Crippen LogP contribution in [0.1, 0.15) is 21.9 Å². The lowest BCUT2D eigenvalue weighted by Gasteiger charge is -2.06. The van der Waals surface area contributed by atoms with Gasteiger partial charge in [0.25, 0.3) is 5.91 Å². The molecule has 0 atom stereocenters. The van der Waals surface area contributed by atoms with Crippen LogP contribution in [0.25, 0.3) is 0 Å². The van der Waals surface area contributed by atoms with Crippen molar-refractivity contribution in [3.8, 4) is 0 Å². The van der Waals surface area contributed by atoms with E-state index in [0.29, 0.717) is 17.7 Å². The van der Waals surface area contributed by atoms with Gasteiger partial charge in [-0.3, -0.25) is 9.59 Å². The van der Waals surface area contributed by atoms with Crippen LogP contribution in [-0.2, 0) is 6.42 Å². The molecule has 0 saturated heterocycles. The Labute approximate surface area is 115 Å². The van der Waals surface area contributed by atoms with Crippen molar-refractivity contribution in [3.63, 3.8) is 0 Å². The van der Waals surface area contributed by atoms with Gasteiger partial charge in [-0.25, -0.2) is 4.39 Å². The Morgan fingerprint density at radius 2 is 2.05 bits per heavy atom. The van der Waals surface area contributed by atoms with Crippen molar-refractivity contribution in [1.29, 1.82) is 0 Å². The molecule has 0 spiro atoms. The molecule has 1 N–H and O–H groups in total. The molecule has 0 saturated carbocycles. The van der Waals surface area contributed by atoms with Crippen LogP contribution in [0.3, 0.4) is 0 Å². The SMILES string of the molecule is Cc1cc(=O)cc(C(=O)NCCc2ccccc2F)o1. The zero-order valence-electron chi connectivity index (χ0n) is 11.0. The third-order valence-electron chi connectivity index (χ3n) is 2.75. The summed E-state index contributed by atoms with van der Waals surface area (Å²) in [6.45, 7) is 1.86. The second-order valence-electron chi connectivity index (χ2n) is 4.37. The third-order valence-corrected chi connectivity index (χ3v) is 2.75. The summed E-state index contributed by atoms with van der Waals surface area (Å²) in [7, 11) is 0. The van der Waals surface area contributed by atoms with Gasteiger partial charge in [0.15, 0.2) is 11.2 Å². The van der Waals surface area contributed by atoms with Gasteiger partial charge in [-0.05, 0) is 25.0 Å². The van der Waals surface area contributed by atoms with Gasteiger partial charge in [-0.2, -0.15) is 0 Å². The molecule has 0 aliphatic carbocycles. The average molecular weight is 275 g/mol. The van der Waals surface area contributed by atoms with Crippen molar-refractivity contribution in [1.82, 2.24) is 5.32 Å². The summed E-state index contributed by atoms with van der Waals surface area (Å²) >= 11 is 0. The minimum atomic E-state index is -0.484. The first kappa shape index (κ1) is 14.0. The van der Waals surface area contributed by atoms with E-state index in [0.717, 1.165) is 6.07 Å². The van der Waals surface area contributed by atoms with Crippen molar-refractivity contribution >= 4 is 5.91 Å². The number of rotatable bonds is 4. The number of benzene rings is 1. The van der Waals surface area contributed by atoms with E-state index in [1.807, 2.05) is 0 Å². The number of aryl methyl sites for hydroxylation is 1. The number of carbonyl (C=O) groups is 1. The predicted molar refractivity (Wildman–Crippen MR) is 72.2 cm³/mol. The first-order valence-corrected chi connectivity index (χ1v) is 6.19. The fourth-order valence-electron chi connectivity index (χ4n) is 1.81. The Balaban J connectivity index is 1.96. The number of halogens is 1. The van der Waals surface area contributed by atoms with Crippen LogP contribution < -0.4 is 10.7 Å². The number of hydrogen-bond acceptors (Lipinski definition) is 3. The summed E-state index contributed by atoms with van der Waals surface area (Å²) < 4.78 is 18.5. The molecule has 1 heterocycles. The van der Waals surface area contributed by atoms with Crippen LogP contribution in [-0.4, -0.2) is 12.5 Å². The lowest BCUT2D eigenvalue weighted by atomic mass is 10.1. The molecule has 0 fully saturated rings. The van der Waals surface area contributed by atoms with Gasteiger partial charge in [0.2, 0.25) is 0 Å². The van der Waals surface area contributed by atoms with E-state index in [4.69, 9.17) is 4.42 Å². The lowest BCUT2D eigenvalue weighted by Crippen LogP contribution is -2.26. The highest BCUT2D eigenvalue weighted by Gasteiger charge is 2.10. The molecule has 0 radical (unpaired) electrons. The van der Waals surface area contributed by atoms with Gasteiger partial charge < -0.3 is 9.73 Å². The molecule has 20 heavy (non-hydrogen) atoms. The van der Waals surface area contributed by atoms with E-state index in [1.54, 1.807) is 25.1 Å². The highest BCUT2D eigenvalue weighted by Crippen LogP contribution is 2.06. The first-order valence-electron chi connectivity index (χ1n) is 6.19. The minimum absolute atomic E-state index is 0.0384. The molecule has 104 valence electrons. The van der Waals surface area contributed by atoms with E-state index >= 15 is 0 Å². The van der Waals surface area contributed by atoms with Gasteiger partial charge in [0.1, 0.15) is 11.6 Å². The molecular weight excluding hydrogens is 261 g/mol. The molecule has 1 amide bonds. The molecule has 1 aromatic heterocycles. The monoisotopic (exact) mass is 275 g/mol. The number of carbonyl (C=O) groups excluding carboxylic acids is 1. The van der Waals surface area contributed by atoms with Gasteiger partial charge in [0.05, 0.1) is 0 Å². The number of nitrogens with one attached hydrogen (secondary N) is 1. The smallest absolute Gasteiger partial charge is 0.287 e. The quantitative estimate of drug-likeness (QED) is 0.929. The Bertz CT molecular complexity index is 679. The summed E-state index contributed by atoms with van der Waals surface area (Å²) in [6.07, 6.45) is 0.370. The number of hydrogen-bond donors (Lipinski definition) is 1. The molecule has 2 rings (SSSR count). The van der Waals surface area contributed by atoms with E-state index in [2.05, 4.69) is 5.32 Å². The van der Waals surface area contributed by atoms with E-state index in [9.17, 15) is 14.0 Å². The molecule has 0 aliphatic rings. The lowest BCUT2D eigenvalue weighted by molar-refractivity contribution is 0.0922. The van der Waals surface area contributed by atoms with Crippen LogP contribution in [0.2, 0.25) is 0 Å². The predicted octanol–water partition coefficient (Wildman–Crippen LogP) is 2.06. The Kier molecular flexibility index (Phi) is 4.30. The molecule has 0 bridgehead atoms. The van der Waals surface area contributed by atoms with E-state index in [1.165, 1.54) is 12.1 Å². The van der Waals surface area contributed by atoms with Crippen LogP contribution in [0.5, 0.6) is 0 Å². The highest BCUT2D eigenvalue weighted by atomic mass is 19.1. The second kappa shape index (κ2) is 6.14. The van der Waals surface area contributed by atoms with Crippen molar-refractivity contribution in [2.24, 2.45) is 0 Å². The van der Waals surface area contributed by atoms with Crippen molar-refractivity contribution in [3.05, 3.63) is 69.5 Å². The maximum atomic E-state index is 13.4. The standard InChI is InChI=1S/C15H14FNO3/c1-10-8-12(18)9-14(20-10)15(19)17-7-6-11-4-2-3-5-13(11)16/h2-5,8-9H,6-7H2,1H3,(H,17,19). The van der Waals surface area contributed by atoms with Crippen LogP contribution in [0, 0.1) is 12.7 Å². The normalized spacial score (nSPS) is 10.3. The van der Waals surface area contributed by atoms with Crippen LogP contribution in [0.15, 0.2) is 45.6 Å². The first-order chi connectivity index (χ1) is 9.56.